The molecule has 0 fully saturated rings. The molecule has 0 unspecified atom stereocenters. The van der Waals surface area contributed by atoms with Gasteiger partial charge in [-0.3, -0.25) is 0 Å². The van der Waals surface area contributed by atoms with Crippen LogP contribution in [-0.4, -0.2) is 10.7 Å². The monoisotopic (exact) mass is 254 g/mol. The summed E-state index contributed by atoms with van der Waals surface area (Å²) in [5.74, 6) is 0. The molecule has 0 spiro atoms. The first-order chi connectivity index (χ1) is 7.77. The zero-order valence-corrected chi connectivity index (χ0v) is 13.9. The molecule has 0 atom stereocenters. The molecular weight excluding hydrogens is 220 g/mol. The van der Waals surface area contributed by atoms with Crippen molar-refractivity contribution < 1.29 is 5.11 Å². The zero-order valence-electron chi connectivity index (χ0n) is 13.9. The van der Waals surface area contributed by atoms with Gasteiger partial charge in [-0.2, -0.15) is 0 Å². The molecule has 0 aromatic rings. The highest BCUT2D eigenvalue weighted by Crippen LogP contribution is 2.47. The lowest BCUT2D eigenvalue weighted by Gasteiger charge is -2.50. The van der Waals surface area contributed by atoms with Crippen molar-refractivity contribution in [3.63, 3.8) is 0 Å². The van der Waals surface area contributed by atoms with Crippen LogP contribution in [-0.2, 0) is 0 Å². The molecule has 0 heterocycles. The number of hydrogen-bond donors (Lipinski definition) is 1. The van der Waals surface area contributed by atoms with Gasteiger partial charge in [-0.05, 0) is 35.5 Å². The number of allylic oxidation sites excluding steroid dienone is 1. The van der Waals surface area contributed by atoms with E-state index in [0.717, 1.165) is 19.3 Å². The van der Waals surface area contributed by atoms with Gasteiger partial charge in [0.05, 0.1) is 5.60 Å². The summed E-state index contributed by atoms with van der Waals surface area (Å²) in [4.78, 5) is 0. The minimum Gasteiger partial charge on any atom is -0.389 e. The van der Waals surface area contributed by atoms with Crippen LogP contribution in [0.25, 0.3) is 0 Å². The summed E-state index contributed by atoms with van der Waals surface area (Å²) in [6, 6.07) is 0. The summed E-state index contributed by atoms with van der Waals surface area (Å²) in [5.41, 5.74) is -0.693. The van der Waals surface area contributed by atoms with Crippen LogP contribution in [0.15, 0.2) is 12.7 Å². The van der Waals surface area contributed by atoms with E-state index in [1.165, 1.54) is 0 Å². The molecule has 1 nitrogen and oxygen atoms in total. The third-order valence-electron chi connectivity index (χ3n) is 4.39. The largest absolute Gasteiger partial charge is 0.389 e. The number of hydrogen-bond acceptors (Lipinski definition) is 1. The number of aliphatic hydroxyl groups is 1. The fraction of sp³-hybridized carbons (Fsp3) is 0.882. The second-order valence-corrected chi connectivity index (χ2v) is 8.41. The van der Waals surface area contributed by atoms with Crippen LogP contribution in [0.2, 0.25) is 0 Å². The van der Waals surface area contributed by atoms with Crippen LogP contribution in [0.4, 0.5) is 0 Å². The Morgan fingerprint density at radius 1 is 0.833 bits per heavy atom. The van der Waals surface area contributed by atoms with E-state index >= 15 is 0 Å². The van der Waals surface area contributed by atoms with E-state index in [2.05, 4.69) is 62.0 Å². The molecule has 0 aliphatic heterocycles. The Hall–Kier alpha value is -0.300. The van der Waals surface area contributed by atoms with Gasteiger partial charge in [0.2, 0.25) is 0 Å². The maximum atomic E-state index is 11.1. The van der Waals surface area contributed by atoms with Crippen LogP contribution in [0.3, 0.4) is 0 Å². The number of rotatable bonds is 5. The average Bonchev–Trinajstić information content (AvgIpc) is 2.13. The lowest BCUT2D eigenvalue weighted by Crippen LogP contribution is -2.53. The Morgan fingerprint density at radius 2 is 1.22 bits per heavy atom. The van der Waals surface area contributed by atoms with Crippen LogP contribution >= 0.6 is 0 Å². The van der Waals surface area contributed by atoms with Crippen molar-refractivity contribution in [1.82, 2.24) is 0 Å². The van der Waals surface area contributed by atoms with Gasteiger partial charge in [0, 0.05) is 0 Å². The van der Waals surface area contributed by atoms with E-state index in [1.54, 1.807) is 0 Å². The predicted molar refractivity (Wildman–Crippen MR) is 81.7 cm³/mol. The molecule has 0 amide bonds. The third kappa shape index (κ3) is 4.12. The molecule has 0 aromatic carbocycles. The molecule has 0 aliphatic rings. The normalized spacial score (nSPS) is 14.7. The predicted octanol–water partition coefficient (Wildman–Crippen LogP) is 5.19. The Labute approximate surface area is 115 Å². The van der Waals surface area contributed by atoms with Crippen molar-refractivity contribution in [3.8, 4) is 0 Å². The van der Waals surface area contributed by atoms with E-state index in [4.69, 9.17) is 0 Å². The molecule has 0 saturated carbocycles. The van der Waals surface area contributed by atoms with Crippen molar-refractivity contribution in [2.75, 3.05) is 0 Å². The minimum atomic E-state index is -0.642. The van der Waals surface area contributed by atoms with Gasteiger partial charge in [-0.15, -0.1) is 6.58 Å². The van der Waals surface area contributed by atoms with Gasteiger partial charge < -0.3 is 5.11 Å². The van der Waals surface area contributed by atoms with Gasteiger partial charge in [0.15, 0.2) is 0 Å². The molecule has 108 valence electrons. The third-order valence-corrected chi connectivity index (χ3v) is 4.39. The smallest absolute Gasteiger partial charge is 0.0743 e. The highest BCUT2D eigenvalue weighted by atomic mass is 16.3. The van der Waals surface area contributed by atoms with Gasteiger partial charge >= 0.3 is 0 Å². The molecular formula is C17H34O. The molecule has 1 heteroatoms. The zero-order chi connectivity index (χ0) is 14.8. The summed E-state index contributed by atoms with van der Waals surface area (Å²) < 4.78 is 0. The van der Waals surface area contributed by atoms with Crippen LogP contribution in [0.5, 0.6) is 0 Å². The van der Waals surface area contributed by atoms with E-state index < -0.39 is 5.60 Å². The summed E-state index contributed by atoms with van der Waals surface area (Å²) in [6.07, 6.45) is 4.96. The van der Waals surface area contributed by atoms with Gasteiger partial charge in [-0.1, -0.05) is 61.5 Å². The van der Waals surface area contributed by atoms with Gasteiger partial charge in [0.1, 0.15) is 0 Å². The average molecular weight is 254 g/mol. The SMILES string of the molecule is C=CC(C)(C)CCCC(O)(C(C)(C)C)C(C)(C)C. The second-order valence-electron chi connectivity index (χ2n) is 8.41. The topological polar surface area (TPSA) is 20.2 Å². The summed E-state index contributed by atoms with van der Waals surface area (Å²) in [5, 5.41) is 11.1. The Kier molecular flexibility index (Phi) is 5.28. The molecule has 0 aromatic heterocycles. The lowest BCUT2D eigenvalue weighted by atomic mass is 9.60. The summed E-state index contributed by atoms with van der Waals surface area (Å²) in [6.45, 7) is 21.1. The van der Waals surface area contributed by atoms with E-state index in [9.17, 15) is 5.11 Å². The first-order valence-corrected chi connectivity index (χ1v) is 7.13. The van der Waals surface area contributed by atoms with Crippen LogP contribution in [0, 0.1) is 16.2 Å². The molecule has 0 saturated heterocycles. The second kappa shape index (κ2) is 5.36. The van der Waals surface area contributed by atoms with Crippen molar-refractivity contribution in [2.24, 2.45) is 16.2 Å². The Morgan fingerprint density at radius 3 is 1.50 bits per heavy atom. The summed E-state index contributed by atoms with van der Waals surface area (Å²) in [7, 11) is 0. The molecule has 0 bridgehead atoms. The summed E-state index contributed by atoms with van der Waals surface area (Å²) >= 11 is 0. The lowest BCUT2D eigenvalue weighted by molar-refractivity contribution is -0.143. The van der Waals surface area contributed by atoms with E-state index in [0.29, 0.717) is 0 Å². The van der Waals surface area contributed by atoms with Gasteiger partial charge in [0.25, 0.3) is 0 Å². The quantitative estimate of drug-likeness (QED) is 0.669. The molecule has 1 N–H and O–H groups in total. The molecule has 0 rings (SSSR count). The maximum absolute atomic E-state index is 11.1. The fourth-order valence-electron chi connectivity index (χ4n) is 2.78. The van der Waals surface area contributed by atoms with Gasteiger partial charge in [-0.25, -0.2) is 0 Å². The van der Waals surface area contributed by atoms with Crippen molar-refractivity contribution in [3.05, 3.63) is 12.7 Å². The van der Waals surface area contributed by atoms with E-state index in [1.807, 2.05) is 6.08 Å². The minimum absolute atomic E-state index is 0.108. The van der Waals surface area contributed by atoms with Crippen molar-refractivity contribution in [1.29, 1.82) is 0 Å². The molecule has 18 heavy (non-hydrogen) atoms. The first-order valence-electron chi connectivity index (χ1n) is 7.13. The molecule has 0 aliphatic carbocycles. The van der Waals surface area contributed by atoms with Crippen LogP contribution < -0.4 is 0 Å². The van der Waals surface area contributed by atoms with Crippen LogP contribution in [0.1, 0.15) is 74.7 Å². The molecule has 0 radical (unpaired) electrons. The highest BCUT2D eigenvalue weighted by molar-refractivity contribution is 4.99. The fourth-order valence-corrected chi connectivity index (χ4v) is 2.78. The van der Waals surface area contributed by atoms with E-state index in [-0.39, 0.29) is 16.2 Å². The standard InChI is InChI=1S/C17H34O/c1-10-16(8,9)12-11-13-17(18,14(2,3)4)15(5,6)7/h10,18H,1,11-13H2,2-9H3. The maximum Gasteiger partial charge on any atom is 0.0743 e. The Balaban J connectivity index is 4.82. The Bertz CT molecular complexity index is 259. The van der Waals surface area contributed by atoms with Crippen molar-refractivity contribution >= 4 is 0 Å². The first kappa shape index (κ1) is 17.7. The highest BCUT2D eigenvalue weighted by Gasteiger charge is 2.48. The van der Waals surface area contributed by atoms with Crippen molar-refractivity contribution in [2.45, 2.75) is 80.3 Å².